The summed E-state index contributed by atoms with van der Waals surface area (Å²) >= 11 is 0. The van der Waals surface area contributed by atoms with Crippen LogP contribution in [0.15, 0.2) is 27.9 Å². The number of nitrogens with zero attached hydrogens (tertiary/aromatic N) is 3. The van der Waals surface area contributed by atoms with Gasteiger partial charge in [-0.2, -0.15) is 0 Å². The average Bonchev–Trinajstić information content (AvgIpc) is 2.74. The van der Waals surface area contributed by atoms with E-state index in [9.17, 15) is 8.42 Å². The molecular formula is C8H10N6O3S. The fourth-order valence-corrected chi connectivity index (χ4v) is 1.99. The van der Waals surface area contributed by atoms with Crippen LogP contribution in [0.25, 0.3) is 0 Å². The van der Waals surface area contributed by atoms with Crippen molar-refractivity contribution in [1.29, 1.82) is 0 Å². The smallest absolute Gasteiger partial charge is 0.267 e. The van der Waals surface area contributed by atoms with Gasteiger partial charge in [-0.15, -0.1) is 0 Å². The molecule has 0 bridgehead atoms. The van der Waals surface area contributed by atoms with Gasteiger partial charge in [-0.25, -0.2) is 29.0 Å². The Hall–Kier alpha value is -2.20. The first-order chi connectivity index (χ1) is 8.51. The second-order valence-electron chi connectivity index (χ2n) is 3.32. The molecule has 0 atom stereocenters. The van der Waals surface area contributed by atoms with Crippen LogP contribution in [0.5, 0.6) is 0 Å². The number of sulfonamides is 1. The van der Waals surface area contributed by atoms with Crippen molar-refractivity contribution in [3.8, 4) is 0 Å². The molecule has 0 unspecified atom stereocenters. The summed E-state index contributed by atoms with van der Waals surface area (Å²) in [6, 6.07) is 1.45. The summed E-state index contributed by atoms with van der Waals surface area (Å²) in [5.74, 6) is 5.21. The Balaban J connectivity index is 2.24. The molecule has 0 fully saturated rings. The molecule has 18 heavy (non-hydrogen) atoms. The normalized spacial score (nSPS) is 11.2. The standard InChI is InChI=1S/C8H10N6O3S/c1-5-2-7(17-13-5)14-18(15,16)6-3-10-8(12-9)11-4-6/h2-4,14H,9H2,1H3,(H,10,11,12). The van der Waals surface area contributed by atoms with Crippen molar-refractivity contribution in [2.24, 2.45) is 5.84 Å². The van der Waals surface area contributed by atoms with Gasteiger partial charge < -0.3 is 4.52 Å². The van der Waals surface area contributed by atoms with E-state index in [-0.39, 0.29) is 16.7 Å². The Morgan fingerprint density at radius 1 is 1.33 bits per heavy atom. The van der Waals surface area contributed by atoms with Crippen LogP contribution in [0, 0.1) is 6.92 Å². The largest absolute Gasteiger partial charge is 0.338 e. The van der Waals surface area contributed by atoms with Gasteiger partial charge in [0.05, 0.1) is 18.1 Å². The maximum atomic E-state index is 11.9. The number of nitrogens with two attached hydrogens (primary N) is 1. The Bertz CT molecular complexity index is 635. The lowest BCUT2D eigenvalue weighted by Gasteiger charge is -2.04. The van der Waals surface area contributed by atoms with Crippen molar-refractivity contribution in [2.75, 3.05) is 10.1 Å². The van der Waals surface area contributed by atoms with Gasteiger partial charge in [-0.05, 0) is 6.92 Å². The van der Waals surface area contributed by atoms with Crippen molar-refractivity contribution in [2.45, 2.75) is 11.8 Å². The Kier molecular flexibility index (Phi) is 3.12. The predicted octanol–water partition coefficient (Wildman–Crippen LogP) is -0.141. The molecule has 0 radical (unpaired) electrons. The molecule has 2 aromatic heterocycles. The van der Waals surface area contributed by atoms with Gasteiger partial charge in [-0.1, -0.05) is 5.16 Å². The molecule has 0 aliphatic heterocycles. The van der Waals surface area contributed by atoms with Crippen LogP contribution in [0.2, 0.25) is 0 Å². The van der Waals surface area contributed by atoms with E-state index in [2.05, 4.69) is 25.3 Å². The van der Waals surface area contributed by atoms with Crippen molar-refractivity contribution in [1.82, 2.24) is 15.1 Å². The Morgan fingerprint density at radius 3 is 2.50 bits per heavy atom. The molecule has 96 valence electrons. The van der Waals surface area contributed by atoms with E-state index < -0.39 is 10.0 Å². The highest BCUT2D eigenvalue weighted by molar-refractivity contribution is 7.92. The molecule has 0 spiro atoms. The summed E-state index contributed by atoms with van der Waals surface area (Å²) in [5.41, 5.74) is 2.75. The zero-order valence-corrected chi connectivity index (χ0v) is 10.1. The highest BCUT2D eigenvalue weighted by Gasteiger charge is 2.17. The topological polar surface area (TPSA) is 136 Å². The van der Waals surface area contributed by atoms with Gasteiger partial charge in [-0.3, -0.25) is 5.43 Å². The minimum atomic E-state index is -3.80. The van der Waals surface area contributed by atoms with Crippen LogP contribution in [0.4, 0.5) is 11.8 Å². The molecule has 10 heteroatoms. The lowest BCUT2D eigenvalue weighted by atomic mass is 10.5. The van der Waals surface area contributed by atoms with Gasteiger partial charge in [0.2, 0.25) is 11.8 Å². The minimum Gasteiger partial charge on any atom is -0.338 e. The van der Waals surface area contributed by atoms with E-state index in [0.717, 1.165) is 12.4 Å². The van der Waals surface area contributed by atoms with E-state index in [1.54, 1.807) is 6.92 Å². The minimum absolute atomic E-state index is 0.0218. The van der Waals surface area contributed by atoms with Gasteiger partial charge >= 0.3 is 0 Å². The molecule has 0 saturated heterocycles. The number of nitrogen functional groups attached to an aromatic ring is 1. The van der Waals surface area contributed by atoms with E-state index >= 15 is 0 Å². The van der Waals surface area contributed by atoms with Gasteiger partial charge in [0.25, 0.3) is 10.0 Å². The van der Waals surface area contributed by atoms with Crippen molar-refractivity contribution in [3.63, 3.8) is 0 Å². The first-order valence-corrected chi connectivity index (χ1v) is 6.24. The van der Waals surface area contributed by atoms with E-state index in [4.69, 9.17) is 10.4 Å². The Morgan fingerprint density at radius 2 is 2.00 bits per heavy atom. The van der Waals surface area contributed by atoms with Crippen molar-refractivity contribution >= 4 is 21.9 Å². The quantitative estimate of drug-likeness (QED) is 0.515. The molecule has 0 aliphatic carbocycles. The molecule has 4 N–H and O–H groups in total. The zero-order valence-electron chi connectivity index (χ0n) is 9.28. The number of hydrazine groups is 1. The number of anilines is 2. The van der Waals surface area contributed by atoms with Crippen LogP contribution in [0.1, 0.15) is 5.69 Å². The second kappa shape index (κ2) is 4.58. The van der Waals surface area contributed by atoms with Crippen molar-refractivity contribution < 1.29 is 12.9 Å². The van der Waals surface area contributed by atoms with E-state index in [1.807, 2.05) is 0 Å². The molecule has 0 saturated carbocycles. The fourth-order valence-electron chi connectivity index (χ4n) is 1.13. The lowest BCUT2D eigenvalue weighted by molar-refractivity contribution is 0.430. The molecule has 9 nitrogen and oxygen atoms in total. The van der Waals surface area contributed by atoms with E-state index in [1.165, 1.54) is 6.07 Å². The van der Waals surface area contributed by atoms with E-state index in [0.29, 0.717) is 5.69 Å². The second-order valence-corrected chi connectivity index (χ2v) is 5.01. The van der Waals surface area contributed by atoms with Gasteiger partial charge in [0.15, 0.2) is 0 Å². The van der Waals surface area contributed by atoms with Gasteiger partial charge in [0.1, 0.15) is 4.90 Å². The highest BCUT2D eigenvalue weighted by Crippen LogP contribution is 2.15. The van der Waals surface area contributed by atoms with Crippen LogP contribution < -0.4 is 16.0 Å². The first kappa shape index (κ1) is 12.3. The van der Waals surface area contributed by atoms with Crippen LogP contribution in [-0.2, 0) is 10.0 Å². The van der Waals surface area contributed by atoms with Crippen LogP contribution >= 0.6 is 0 Å². The number of hydrogen-bond acceptors (Lipinski definition) is 8. The molecular weight excluding hydrogens is 260 g/mol. The average molecular weight is 270 g/mol. The third-order valence-electron chi connectivity index (χ3n) is 1.93. The summed E-state index contributed by atoms with van der Waals surface area (Å²) in [7, 11) is -3.80. The lowest BCUT2D eigenvalue weighted by Crippen LogP contribution is -2.15. The molecule has 2 aromatic rings. The number of hydrogen-bond donors (Lipinski definition) is 3. The summed E-state index contributed by atoms with van der Waals surface area (Å²) in [5, 5.41) is 3.56. The fraction of sp³-hybridized carbons (Fsp3) is 0.125. The zero-order chi connectivity index (χ0) is 13.2. The summed E-state index contributed by atoms with van der Waals surface area (Å²) in [4.78, 5) is 7.28. The van der Waals surface area contributed by atoms with Gasteiger partial charge in [0, 0.05) is 6.07 Å². The first-order valence-electron chi connectivity index (χ1n) is 4.76. The van der Waals surface area contributed by atoms with Crippen LogP contribution in [-0.4, -0.2) is 23.5 Å². The van der Waals surface area contributed by atoms with Crippen molar-refractivity contribution in [3.05, 3.63) is 24.2 Å². The number of aryl methyl sites for hydroxylation is 1. The third kappa shape index (κ3) is 2.55. The Labute approximate surface area is 102 Å². The monoisotopic (exact) mass is 270 g/mol. The van der Waals surface area contributed by atoms with Crippen LogP contribution in [0.3, 0.4) is 0 Å². The summed E-state index contributed by atoms with van der Waals surface area (Å²) < 4.78 is 30.7. The number of nitrogens with one attached hydrogen (secondary N) is 2. The molecule has 0 aliphatic rings. The number of aromatic nitrogens is 3. The molecule has 2 rings (SSSR count). The summed E-state index contributed by atoms with van der Waals surface area (Å²) in [6.07, 6.45) is 2.24. The predicted molar refractivity (Wildman–Crippen MR) is 61.9 cm³/mol. The molecule has 0 amide bonds. The maximum absolute atomic E-state index is 11.9. The third-order valence-corrected chi connectivity index (χ3v) is 3.23. The highest BCUT2D eigenvalue weighted by atomic mass is 32.2. The summed E-state index contributed by atoms with van der Waals surface area (Å²) in [6.45, 7) is 1.67. The number of rotatable bonds is 4. The molecule has 0 aromatic carbocycles. The molecule has 2 heterocycles. The SMILES string of the molecule is Cc1cc(NS(=O)(=O)c2cnc(NN)nc2)on1. The maximum Gasteiger partial charge on any atom is 0.267 e.